The van der Waals surface area contributed by atoms with Gasteiger partial charge in [0, 0.05) is 28.7 Å². The molecule has 2 aliphatic heterocycles. The first-order valence-corrected chi connectivity index (χ1v) is 10.8. The lowest BCUT2D eigenvalue weighted by Crippen LogP contribution is -2.38. The van der Waals surface area contributed by atoms with Gasteiger partial charge in [0.1, 0.15) is 12.2 Å². The Morgan fingerprint density at radius 1 is 1.21 bits per heavy atom. The smallest absolute Gasteiger partial charge is 0.216 e. The van der Waals surface area contributed by atoms with Crippen LogP contribution in [-0.2, 0) is 0 Å². The lowest BCUT2D eigenvalue weighted by molar-refractivity contribution is 0.176. The fourth-order valence-corrected chi connectivity index (χ4v) is 5.20. The minimum Gasteiger partial charge on any atom is -0.358 e. The zero-order valence-electron chi connectivity index (χ0n) is 16.5. The van der Waals surface area contributed by atoms with Crippen LogP contribution >= 0.6 is 11.6 Å². The lowest BCUT2D eigenvalue weighted by atomic mass is 9.82. The number of pyridine rings is 1. The highest BCUT2D eigenvalue weighted by atomic mass is 35.5. The first-order valence-electron chi connectivity index (χ1n) is 10.4. The quantitative estimate of drug-likeness (QED) is 0.709. The average Bonchev–Trinajstić information content (AvgIpc) is 3.11. The Bertz CT molecular complexity index is 929. The summed E-state index contributed by atoms with van der Waals surface area (Å²) in [4.78, 5) is 6.07. The summed E-state index contributed by atoms with van der Waals surface area (Å²) in [7, 11) is 0. The van der Waals surface area contributed by atoms with Crippen molar-refractivity contribution in [2.45, 2.75) is 63.5 Å². The summed E-state index contributed by atoms with van der Waals surface area (Å²) in [5, 5.41) is 11.2. The summed E-state index contributed by atoms with van der Waals surface area (Å²) >= 11 is 6.27. The molecule has 1 unspecified atom stereocenters. The molecule has 1 atom stereocenters. The van der Waals surface area contributed by atoms with Crippen LogP contribution in [0.25, 0.3) is 0 Å². The Hall–Kier alpha value is -2.34. The maximum Gasteiger partial charge on any atom is 0.216 e. The molecular formula is C22H25ClFN5. The van der Waals surface area contributed by atoms with Crippen LogP contribution < -0.4 is 5.32 Å². The molecule has 2 aliphatic carbocycles. The van der Waals surface area contributed by atoms with Crippen molar-refractivity contribution in [2.24, 2.45) is 5.10 Å². The van der Waals surface area contributed by atoms with Gasteiger partial charge >= 0.3 is 0 Å². The SMILES string of the molecule is CC1C2=C(C=C(Cl)CC2)NC=C2N1C=NN2C1CCC(c2cccnc2F)CC1. The third kappa shape index (κ3) is 3.33. The van der Waals surface area contributed by atoms with Crippen molar-refractivity contribution in [2.75, 3.05) is 0 Å². The highest BCUT2D eigenvalue weighted by molar-refractivity contribution is 6.29. The first-order chi connectivity index (χ1) is 14.1. The summed E-state index contributed by atoms with van der Waals surface area (Å²) in [6.45, 7) is 2.22. The van der Waals surface area contributed by atoms with E-state index in [1.807, 2.05) is 30.7 Å². The van der Waals surface area contributed by atoms with Gasteiger partial charge in [-0.05, 0) is 69.1 Å². The molecule has 0 saturated heterocycles. The van der Waals surface area contributed by atoms with Crippen LogP contribution in [-0.4, -0.2) is 33.3 Å². The van der Waals surface area contributed by atoms with Crippen LogP contribution in [0, 0.1) is 5.95 Å². The number of hydrogen-bond acceptors (Lipinski definition) is 5. The summed E-state index contributed by atoms with van der Waals surface area (Å²) in [6.07, 6.45) is 13.3. The number of nitrogens with one attached hydrogen (secondary N) is 1. The molecular weight excluding hydrogens is 389 g/mol. The van der Waals surface area contributed by atoms with Crippen molar-refractivity contribution < 1.29 is 4.39 Å². The molecule has 5 rings (SSSR count). The van der Waals surface area contributed by atoms with E-state index in [1.165, 1.54) is 11.8 Å². The maximum atomic E-state index is 14.1. The fourth-order valence-electron chi connectivity index (χ4n) is 4.99. The Morgan fingerprint density at radius 2 is 2.03 bits per heavy atom. The summed E-state index contributed by atoms with van der Waals surface area (Å²) in [6, 6.07) is 4.26. The number of hydrogen-bond donors (Lipinski definition) is 1. The Morgan fingerprint density at radius 3 is 2.83 bits per heavy atom. The number of aromatic nitrogens is 1. The second-order valence-corrected chi connectivity index (χ2v) is 8.71. The minimum atomic E-state index is -0.325. The van der Waals surface area contributed by atoms with Gasteiger partial charge in [-0.3, -0.25) is 0 Å². The van der Waals surface area contributed by atoms with Crippen LogP contribution in [0.4, 0.5) is 4.39 Å². The molecule has 1 aromatic heterocycles. The number of allylic oxidation sites excluding steroid dienone is 2. The number of fused-ring (bicyclic) bond motifs is 1. The summed E-state index contributed by atoms with van der Waals surface area (Å²) < 4.78 is 14.1. The molecule has 1 saturated carbocycles. The van der Waals surface area contributed by atoms with E-state index in [1.54, 1.807) is 0 Å². The predicted octanol–water partition coefficient (Wildman–Crippen LogP) is 4.77. The Labute approximate surface area is 175 Å². The van der Waals surface area contributed by atoms with Gasteiger partial charge in [0.25, 0.3) is 0 Å². The zero-order valence-corrected chi connectivity index (χ0v) is 17.2. The van der Waals surface area contributed by atoms with Crippen LogP contribution in [0.15, 0.2) is 57.8 Å². The lowest BCUT2D eigenvalue weighted by Gasteiger charge is -2.36. The Kier molecular flexibility index (Phi) is 4.82. The normalized spacial score (nSPS) is 29.0. The molecule has 1 aromatic rings. The molecule has 0 aromatic carbocycles. The predicted molar refractivity (Wildman–Crippen MR) is 112 cm³/mol. The van der Waals surface area contributed by atoms with Crippen molar-refractivity contribution in [3.05, 3.63) is 64.2 Å². The van der Waals surface area contributed by atoms with Gasteiger partial charge in [0.2, 0.25) is 5.95 Å². The van der Waals surface area contributed by atoms with Crippen LogP contribution in [0.3, 0.4) is 0 Å². The van der Waals surface area contributed by atoms with E-state index >= 15 is 0 Å². The molecule has 1 N–H and O–H groups in total. The highest BCUT2D eigenvalue weighted by Gasteiger charge is 2.37. The molecule has 3 heterocycles. The molecule has 4 aliphatic rings. The second kappa shape index (κ2) is 7.48. The van der Waals surface area contributed by atoms with Crippen molar-refractivity contribution in [1.82, 2.24) is 20.2 Å². The summed E-state index contributed by atoms with van der Waals surface area (Å²) in [5.74, 6) is 0.991. The van der Waals surface area contributed by atoms with Gasteiger partial charge in [-0.1, -0.05) is 17.7 Å². The van der Waals surface area contributed by atoms with E-state index in [-0.39, 0.29) is 17.9 Å². The van der Waals surface area contributed by atoms with Crippen LogP contribution in [0.1, 0.15) is 56.9 Å². The molecule has 7 heteroatoms. The van der Waals surface area contributed by atoms with Crippen molar-refractivity contribution >= 4 is 17.9 Å². The molecule has 5 nitrogen and oxygen atoms in total. The van der Waals surface area contributed by atoms with Crippen molar-refractivity contribution in [3.8, 4) is 0 Å². The molecule has 152 valence electrons. The third-order valence-electron chi connectivity index (χ3n) is 6.63. The van der Waals surface area contributed by atoms with Gasteiger partial charge in [0.05, 0.1) is 12.1 Å². The van der Waals surface area contributed by atoms with E-state index in [4.69, 9.17) is 16.7 Å². The standard InChI is InChI=1S/C22H25ClFN5/c1-14-18-9-6-16(23)11-20(18)26-12-21-28(14)13-27-29(21)17-7-4-15(5-8-17)19-3-2-10-25-22(19)24/h2-3,10-15,17,26H,4-9H2,1H3. The van der Waals surface area contributed by atoms with Gasteiger partial charge in [0.15, 0.2) is 0 Å². The highest BCUT2D eigenvalue weighted by Crippen LogP contribution is 2.39. The van der Waals surface area contributed by atoms with Gasteiger partial charge in [-0.15, -0.1) is 0 Å². The monoisotopic (exact) mass is 413 g/mol. The molecule has 0 radical (unpaired) electrons. The van der Waals surface area contributed by atoms with Gasteiger partial charge < -0.3 is 10.2 Å². The van der Waals surface area contributed by atoms with E-state index in [0.29, 0.717) is 6.04 Å². The number of rotatable bonds is 2. The van der Waals surface area contributed by atoms with E-state index in [2.05, 4.69) is 27.1 Å². The van der Waals surface area contributed by atoms with E-state index in [0.717, 1.165) is 60.6 Å². The fraction of sp³-hybridized carbons (Fsp3) is 0.455. The van der Waals surface area contributed by atoms with Crippen molar-refractivity contribution in [3.63, 3.8) is 0 Å². The maximum absolute atomic E-state index is 14.1. The molecule has 29 heavy (non-hydrogen) atoms. The molecule has 0 spiro atoms. The van der Waals surface area contributed by atoms with Gasteiger partial charge in [-0.2, -0.15) is 9.49 Å². The Balaban J connectivity index is 1.31. The third-order valence-corrected chi connectivity index (χ3v) is 6.93. The van der Waals surface area contributed by atoms with E-state index in [9.17, 15) is 4.39 Å². The first kappa shape index (κ1) is 18.7. The topological polar surface area (TPSA) is 43.8 Å². The second-order valence-electron chi connectivity index (χ2n) is 8.22. The van der Waals surface area contributed by atoms with Crippen LogP contribution in [0.2, 0.25) is 0 Å². The molecule has 1 fully saturated rings. The van der Waals surface area contributed by atoms with E-state index < -0.39 is 0 Å². The zero-order chi connectivity index (χ0) is 20.0. The van der Waals surface area contributed by atoms with Gasteiger partial charge in [-0.25, -0.2) is 9.99 Å². The minimum absolute atomic E-state index is 0.238. The largest absolute Gasteiger partial charge is 0.358 e. The van der Waals surface area contributed by atoms with Crippen molar-refractivity contribution in [1.29, 1.82) is 0 Å². The molecule has 0 amide bonds. The molecule has 0 bridgehead atoms. The summed E-state index contributed by atoms with van der Waals surface area (Å²) in [5.41, 5.74) is 3.23. The number of hydrazone groups is 1. The number of halogens is 2. The number of nitrogens with zero attached hydrogens (tertiary/aromatic N) is 4. The van der Waals surface area contributed by atoms with Crippen LogP contribution in [0.5, 0.6) is 0 Å². The average molecular weight is 414 g/mol.